The number of aromatic carboxylic acids is 1. The Hall–Kier alpha value is -4.91. The number of para-hydroxylation sites is 2. The molecule has 34 heavy (non-hydrogen) atoms. The fourth-order valence-electron chi connectivity index (χ4n) is 3.48. The summed E-state index contributed by atoms with van der Waals surface area (Å²) < 4.78 is 0. The molecule has 0 aliphatic rings. The molecule has 0 saturated heterocycles. The van der Waals surface area contributed by atoms with Crippen LogP contribution >= 0.6 is 0 Å². The van der Waals surface area contributed by atoms with Gasteiger partial charge in [-0.15, -0.1) is 0 Å². The van der Waals surface area contributed by atoms with Gasteiger partial charge < -0.3 is 20.5 Å². The van der Waals surface area contributed by atoms with Crippen molar-refractivity contribution in [1.29, 1.82) is 0 Å². The molecule has 0 aliphatic heterocycles. The van der Waals surface area contributed by atoms with Gasteiger partial charge in [-0.25, -0.2) is 4.79 Å². The molecule has 168 valence electrons. The van der Waals surface area contributed by atoms with E-state index in [1.165, 1.54) is 12.3 Å². The Bertz CT molecular complexity index is 1560. The van der Waals surface area contributed by atoms with Crippen LogP contribution in [0.5, 0.6) is 5.75 Å². The van der Waals surface area contributed by atoms with Crippen molar-refractivity contribution in [2.45, 2.75) is 0 Å². The first kappa shape index (κ1) is 22.3. The molecule has 1 heterocycles. The number of hydrogen-bond acceptors (Lipinski definition) is 4. The zero-order valence-corrected chi connectivity index (χ0v) is 17.9. The van der Waals surface area contributed by atoms with Crippen LogP contribution in [0.2, 0.25) is 0 Å². The van der Waals surface area contributed by atoms with Gasteiger partial charge >= 0.3 is 5.97 Å². The van der Waals surface area contributed by atoms with Crippen LogP contribution in [0.15, 0.2) is 102 Å². The fraction of sp³-hybridized carbons (Fsp3) is 0. The molecule has 7 heteroatoms. The summed E-state index contributed by atoms with van der Waals surface area (Å²) in [6, 6.07) is 26.3. The van der Waals surface area contributed by atoms with E-state index >= 15 is 0 Å². The van der Waals surface area contributed by atoms with Crippen LogP contribution in [0.3, 0.4) is 0 Å². The van der Waals surface area contributed by atoms with Crippen LogP contribution in [0.4, 0.5) is 5.69 Å². The van der Waals surface area contributed by atoms with Gasteiger partial charge in [0.2, 0.25) is 5.43 Å². The summed E-state index contributed by atoms with van der Waals surface area (Å²) in [7, 11) is 0. The SMILES string of the molecule is O=C(Nc1ccccc1)c1c[nH]c2ccccc2c1=O.O=C(O)c1ccc2ccccc2c1O. The molecule has 0 spiro atoms. The second kappa shape index (κ2) is 9.70. The lowest BCUT2D eigenvalue weighted by atomic mass is 10.1. The maximum atomic E-state index is 12.3. The molecular weight excluding hydrogens is 432 g/mol. The van der Waals surface area contributed by atoms with Crippen LogP contribution in [0.25, 0.3) is 21.7 Å². The van der Waals surface area contributed by atoms with E-state index in [0.29, 0.717) is 22.0 Å². The van der Waals surface area contributed by atoms with Crippen molar-refractivity contribution in [2.75, 3.05) is 5.32 Å². The normalized spacial score (nSPS) is 10.4. The summed E-state index contributed by atoms with van der Waals surface area (Å²) in [5.41, 5.74) is 1.14. The Morgan fingerprint density at radius 1 is 0.735 bits per heavy atom. The molecule has 5 aromatic rings. The summed E-state index contributed by atoms with van der Waals surface area (Å²) in [6.07, 6.45) is 1.45. The number of aromatic amines is 1. The summed E-state index contributed by atoms with van der Waals surface area (Å²) in [6.45, 7) is 0. The van der Waals surface area contributed by atoms with Crippen LogP contribution in [-0.2, 0) is 0 Å². The van der Waals surface area contributed by atoms with Gasteiger partial charge in [-0.1, -0.05) is 60.7 Å². The van der Waals surface area contributed by atoms with Crippen LogP contribution in [-0.4, -0.2) is 27.1 Å². The Kier molecular flexibility index (Phi) is 6.36. The minimum absolute atomic E-state index is 0.0660. The average Bonchev–Trinajstić information content (AvgIpc) is 2.85. The van der Waals surface area contributed by atoms with E-state index in [9.17, 15) is 19.5 Å². The standard InChI is InChI=1S/C16H12N2O2.C11H8O3/c19-15-12-8-4-5-9-14(12)17-10-13(15)16(20)18-11-6-2-1-3-7-11;12-10-8-4-2-1-3-7(8)5-6-9(10)11(13)14/h1-10H,(H,17,19)(H,18,20);1-6,12H,(H,13,14). The van der Waals surface area contributed by atoms with Gasteiger partial charge in [-0.3, -0.25) is 9.59 Å². The molecule has 0 fully saturated rings. The highest BCUT2D eigenvalue weighted by Gasteiger charge is 2.13. The largest absolute Gasteiger partial charge is 0.506 e. The molecule has 1 aromatic heterocycles. The summed E-state index contributed by atoms with van der Waals surface area (Å²) in [5, 5.41) is 23.0. The molecular formula is C27H20N2O5. The highest BCUT2D eigenvalue weighted by Crippen LogP contribution is 2.28. The third kappa shape index (κ3) is 4.63. The highest BCUT2D eigenvalue weighted by molar-refractivity contribution is 6.05. The quantitative estimate of drug-likeness (QED) is 0.306. The first-order chi connectivity index (χ1) is 16.5. The minimum atomic E-state index is -1.12. The number of H-pyrrole nitrogens is 1. The van der Waals surface area contributed by atoms with Crippen molar-refractivity contribution >= 4 is 39.2 Å². The molecule has 0 aliphatic carbocycles. The van der Waals surface area contributed by atoms with Gasteiger partial charge in [-0.2, -0.15) is 0 Å². The van der Waals surface area contributed by atoms with E-state index in [-0.39, 0.29) is 22.3 Å². The molecule has 4 aromatic carbocycles. The lowest BCUT2D eigenvalue weighted by Gasteiger charge is -2.05. The molecule has 7 nitrogen and oxygen atoms in total. The highest BCUT2D eigenvalue weighted by atomic mass is 16.4. The maximum absolute atomic E-state index is 12.3. The number of benzene rings is 4. The second-order valence-electron chi connectivity index (χ2n) is 7.39. The molecule has 0 radical (unpaired) electrons. The predicted molar refractivity (Wildman–Crippen MR) is 132 cm³/mol. The van der Waals surface area contributed by atoms with E-state index in [4.69, 9.17) is 5.11 Å². The lowest BCUT2D eigenvalue weighted by molar-refractivity contribution is 0.0693. The van der Waals surface area contributed by atoms with Crippen LogP contribution in [0, 0.1) is 0 Å². The number of carbonyl (C=O) groups is 2. The zero-order valence-electron chi connectivity index (χ0n) is 17.9. The number of carbonyl (C=O) groups excluding carboxylic acids is 1. The van der Waals surface area contributed by atoms with E-state index in [2.05, 4.69) is 10.3 Å². The number of anilines is 1. The summed E-state index contributed by atoms with van der Waals surface area (Å²) in [5.74, 6) is -1.70. The van der Waals surface area contributed by atoms with Gasteiger partial charge in [0, 0.05) is 28.2 Å². The minimum Gasteiger partial charge on any atom is -0.506 e. The van der Waals surface area contributed by atoms with Gasteiger partial charge in [0.05, 0.1) is 0 Å². The number of nitrogens with one attached hydrogen (secondary N) is 2. The molecule has 4 N–H and O–H groups in total. The van der Waals surface area contributed by atoms with E-state index < -0.39 is 11.9 Å². The average molecular weight is 452 g/mol. The summed E-state index contributed by atoms with van der Waals surface area (Å²) in [4.78, 5) is 38.1. The second-order valence-corrected chi connectivity index (χ2v) is 7.39. The van der Waals surface area contributed by atoms with Crippen molar-refractivity contribution < 1.29 is 19.8 Å². The zero-order chi connectivity index (χ0) is 24.1. The number of carboxylic acid groups (broad SMARTS) is 1. The van der Waals surface area contributed by atoms with E-state index in [1.54, 1.807) is 48.5 Å². The van der Waals surface area contributed by atoms with Crippen molar-refractivity contribution in [3.63, 3.8) is 0 Å². The fourth-order valence-corrected chi connectivity index (χ4v) is 3.48. The third-order valence-electron chi connectivity index (χ3n) is 5.20. The molecule has 1 amide bonds. The van der Waals surface area contributed by atoms with E-state index in [0.717, 1.165) is 5.39 Å². The number of fused-ring (bicyclic) bond motifs is 2. The van der Waals surface area contributed by atoms with Gasteiger partial charge in [0.1, 0.15) is 16.9 Å². The number of carboxylic acids is 1. The topological polar surface area (TPSA) is 119 Å². The molecule has 0 saturated carbocycles. The Balaban J connectivity index is 0.000000172. The van der Waals surface area contributed by atoms with Gasteiger partial charge in [0.25, 0.3) is 5.91 Å². The van der Waals surface area contributed by atoms with Gasteiger partial charge in [0.15, 0.2) is 0 Å². The van der Waals surface area contributed by atoms with Gasteiger partial charge in [-0.05, 0) is 35.7 Å². The predicted octanol–water partition coefficient (Wildman–Crippen LogP) is 5.02. The number of hydrogen-bond donors (Lipinski definition) is 4. The first-order valence-electron chi connectivity index (χ1n) is 10.4. The number of aromatic hydroxyl groups is 1. The number of phenols is 1. The van der Waals surface area contributed by atoms with E-state index in [1.807, 2.05) is 36.4 Å². The number of amides is 1. The smallest absolute Gasteiger partial charge is 0.339 e. The molecule has 0 bridgehead atoms. The maximum Gasteiger partial charge on any atom is 0.339 e. The van der Waals surface area contributed by atoms with Crippen molar-refractivity contribution in [1.82, 2.24) is 4.98 Å². The van der Waals surface area contributed by atoms with Crippen LogP contribution < -0.4 is 10.7 Å². The van der Waals surface area contributed by atoms with Crippen molar-refractivity contribution in [3.05, 3.63) is 119 Å². The first-order valence-corrected chi connectivity index (χ1v) is 10.4. The lowest BCUT2D eigenvalue weighted by Crippen LogP contribution is -2.21. The Morgan fingerprint density at radius 3 is 2.12 bits per heavy atom. The van der Waals surface area contributed by atoms with Crippen molar-refractivity contribution in [2.24, 2.45) is 0 Å². The molecule has 5 rings (SSSR count). The monoisotopic (exact) mass is 452 g/mol. The molecule has 0 atom stereocenters. The Morgan fingerprint density at radius 2 is 1.38 bits per heavy atom. The number of rotatable bonds is 3. The van der Waals surface area contributed by atoms with Crippen molar-refractivity contribution in [3.8, 4) is 5.75 Å². The summed E-state index contributed by atoms with van der Waals surface area (Å²) >= 11 is 0. The number of aromatic nitrogens is 1. The molecule has 0 unspecified atom stereocenters. The third-order valence-corrected chi connectivity index (χ3v) is 5.20. The van der Waals surface area contributed by atoms with Crippen LogP contribution in [0.1, 0.15) is 20.7 Å². The number of pyridine rings is 1. The Labute approximate surface area is 193 Å².